The molecule has 9 aromatic rings. The third kappa shape index (κ3) is 9.65. The molecule has 0 aliphatic carbocycles. The third-order valence-corrected chi connectivity index (χ3v) is 9.57. The zero-order chi connectivity index (χ0) is 40.8. The summed E-state index contributed by atoms with van der Waals surface area (Å²) in [4.78, 5) is 18.0. The Labute approximate surface area is 343 Å². The number of halogens is 3. The van der Waals surface area contributed by atoms with Gasteiger partial charge in [0.05, 0.1) is 33.6 Å². The molecule has 3 heterocycles. The number of benzene rings is 6. The lowest BCUT2D eigenvalue weighted by molar-refractivity contribution is 0.627. The van der Waals surface area contributed by atoms with Crippen LogP contribution in [-0.2, 0) is 0 Å². The van der Waals surface area contributed by atoms with Gasteiger partial charge < -0.3 is 15.5 Å². The summed E-state index contributed by atoms with van der Waals surface area (Å²) in [7, 11) is 8.07. The van der Waals surface area contributed by atoms with Gasteiger partial charge in [0.15, 0.2) is 0 Å². The van der Waals surface area contributed by atoms with Crippen LogP contribution >= 0.6 is 0 Å². The topological polar surface area (TPSA) is 71.2 Å². The number of hydrogen-bond donors (Lipinski definition) is 1. The predicted octanol–water partition coefficient (Wildman–Crippen LogP) is 12.5. The molecular weight excluding hydrogens is 742 g/mol. The van der Waals surface area contributed by atoms with E-state index in [0.717, 1.165) is 77.9 Å². The van der Waals surface area contributed by atoms with Gasteiger partial charge in [0.2, 0.25) is 0 Å². The molecule has 0 aliphatic heterocycles. The first kappa shape index (κ1) is 41.4. The van der Waals surface area contributed by atoms with Crippen molar-refractivity contribution in [2.24, 2.45) is 0 Å². The number of nitrogens with zero attached hydrogens (tertiary/aromatic N) is 5. The van der Waals surface area contributed by atoms with Crippen LogP contribution in [0.2, 0.25) is 0 Å². The molecule has 0 fully saturated rings. The maximum Gasteiger partial charge on any atom is 0.123 e. The van der Waals surface area contributed by atoms with Gasteiger partial charge in [0.25, 0.3) is 0 Å². The predicted molar refractivity (Wildman–Crippen MR) is 241 cm³/mol. The van der Waals surface area contributed by atoms with Gasteiger partial charge in [-0.3, -0.25) is 0 Å². The largest absolute Gasteiger partial charge is 0.398 e. The van der Waals surface area contributed by atoms with E-state index in [2.05, 4.69) is 49.0 Å². The molecule has 9 rings (SSSR count). The first-order valence-electron chi connectivity index (χ1n) is 18.6. The van der Waals surface area contributed by atoms with E-state index in [4.69, 9.17) is 5.73 Å². The van der Waals surface area contributed by atoms with Gasteiger partial charge in [-0.05, 0) is 146 Å². The number of nitrogen functional groups attached to an aromatic ring is 1. The lowest BCUT2D eigenvalue weighted by Gasteiger charge is -2.15. The molecule has 0 radical (unpaired) electrons. The van der Waals surface area contributed by atoms with Crippen molar-refractivity contribution in [3.8, 4) is 33.8 Å². The monoisotopic (exact) mass is 786 g/mol. The molecule has 296 valence electrons. The van der Waals surface area contributed by atoms with Crippen LogP contribution in [0.25, 0.3) is 66.5 Å². The van der Waals surface area contributed by atoms with Crippen LogP contribution in [-0.4, -0.2) is 43.1 Å². The molecule has 0 bridgehead atoms. The zero-order valence-electron chi connectivity index (χ0n) is 32.5. The molecule has 59 heavy (non-hydrogen) atoms. The molecule has 2 N–H and O–H groups in total. The van der Waals surface area contributed by atoms with Gasteiger partial charge in [-0.2, -0.15) is 0 Å². The lowest BCUT2D eigenvalue weighted by Crippen LogP contribution is -2.09. The fourth-order valence-corrected chi connectivity index (χ4v) is 6.58. The van der Waals surface area contributed by atoms with Crippen molar-refractivity contribution < 1.29 is 13.2 Å². The van der Waals surface area contributed by atoms with Crippen LogP contribution < -0.4 is 15.5 Å². The van der Waals surface area contributed by atoms with Crippen LogP contribution in [0.3, 0.4) is 0 Å². The highest BCUT2D eigenvalue weighted by Crippen LogP contribution is 2.29. The Morgan fingerprint density at radius 1 is 0.373 bits per heavy atom. The third-order valence-electron chi connectivity index (χ3n) is 9.57. The van der Waals surface area contributed by atoms with E-state index in [0.29, 0.717) is 5.69 Å². The SMILES string of the molecule is C.CN(C)c1cccc2nc(-c3ccc(F)cc3)ccc12.CN(C)c1cccc2nc(-c3ccc(F)cc3)ccc12.Nc1cccc2nc(-c3ccc(F)cc3)ccc12. The van der Waals surface area contributed by atoms with Crippen molar-refractivity contribution in [3.63, 3.8) is 0 Å². The molecule has 0 unspecified atom stereocenters. The second kappa shape index (κ2) is 18.3. The lowest BCUT2D eigenvalue weighted by atomic mass is 10.1. The summed E-state index contributed by atoms with van der Waals surface area (Å²) in [6.07, 6.45) is 0. The van der Waals surface area contributed by atoms with Gasteiger partial charge in [0, 0.05) is 78.1 Å². The van der Waals surface area contributed by atoms with Crippen LogP contribution in [0.15, 0.2) is 164 Å². The van der Waals surface area contributed by atoms with Crippen LogP contribution in [0.1, 0.15) is 7.43 Å². The average Bonchev–Trinajstić information content (AvgIpc) is 3.24. The maximum absolute atomic E-state index is 13.0. The normalized spacial score (nSPS) is 10.6. The van der Waals surface area contributed by atoms with Crippen LogP contribution in [0.4, 0.5) is 30.2 Å². The molecular formula is C50H45F3N6. The molecule has 0 aliphatic rings. The number of pyridine rings is 3. The van der Waals surface area contributed by atoms with E-state index < -0.39 is 0 Å². The highest BCUT2D eigenvalue weighted by atomic mass is 19.1. The van der Waals surface area contributed by atoms with E-state index >= 15 is 0 Å². The number of aromatic nitrogens is 3. The van der Waals surface area contributed by atoms with E-state index in [-0.39, 0.29) is 24.9 Å². The number of anilines is 3. The Bertz CT molecular complexity index is 2690. The quantitative estimate of drug-likeness (QED) is 0.175. The highest BCUT2D eigenvalue weighted by Gasteiger charge is 2.08. The zero-order valence-corrected chi connectivity index (χ0v) is 32.5. The van der Waals surface area contributed by atoms with Crippen molar-refractivity contribution in [2.75, 3.05) is 43.7 Å². The molecule has 3 aromatic heterocycles. The molecule has 9 heteroatoms. The summed E-state index contributed by atoms with van der Waals surface area (Å²) in [5, 5.41) is 3.16. The Kier molecular flexibility index (Phi) is 12.9. The molecule has 0 spiro atoms. The van der Waals surface area contributed by atoms with E-state index in [1.165, 1.54) is 36.4 Å². The van der Waals surface area contributed by atoms with Crippen LogP contribution in [0.5, 0.6) is 0 Å². The summed E-state index contributed by atoms with van der Waals surface area (Å²) < 4.78 is 38.8. The number of nitrogens with two attached hydrogens (primary N) is 1. The summed E-state index contributed by atoms with van der Waals surface area (Å²) in [6.45, 7) is 0. The molecule has 6 nitrogen and oxygen atoms in total. The molecule has 0 amide bonds. The van der Waals surface area contributed by atoms with Gasteiger partial charge in [-0.1, -0.05) is 25.6 Å². The van der Waals surface area contributed by atoms with Gasteiger partial charge in [-0.15, -0.1) is 0 Å². The summed E-state index contributed by atoms with van der Waals surface area (Å²) in [5.41, 5.74) is 16.8. The number of fused-ring (bicyclic) bond motifs is 3. The summed E-state index contributed by atoms with van der Waals surface area (Å²) >= 11 is 0. The Hall–Kier alpha value is -7.26. The molecule has 0 atom stereocenters. The summed E-state index contributed by atoms with van der Waals surface area (Å²) in [6, 6.07) is 48.8. The number of rotatable bonds is 5. The van der Waals surface area contributed by atoms with E-state index in [9.17, 15) is 13.2 Å². The Morgan fingerprint density at radius 2 is 0.678 bits per heavy atom. The second-order valence-electron chi connectivity index (χ2n) is 14.0. The maximum atomic E-state index is 13.0. The van der Waals surface area contributed by atoms with E-state index in [1.807, 2.05) is 94.9 Å². The summed E-state index contributed by atoms with van der Waals surface area (Å²) in [5.74, 6) is -0.711. The molecule has 0 saturated carbocycles. The van der Waals surface area contributed by atoms with Crippen molar-refractivity contribution >= 4 is 49.8 Å². The minimum Gasteiger partial charge on any atom is -0.398 e. The minimum absolute atomic E-state index is 0. The van der Waals surface area contributed by atoms with Crippen molar-refractivity contribution in [1.82, 2.24) is 15.0 Å². The van der Waals surface area contributed by atoms with Crippen molar-refractivity contribution in [3.05, 3.63) is 181 Å². The van der Waals surface area contributed by atoms with E-state index in [1.54, 1.807) is 36.4 Å². The molecule has 0 saturated heterocycles. The van der Waals surface area contributed by atoms with Crippen molar-refractivity contribution in [2.45, 2.75) is 7.43 Å². The van der Waals surface area contributed by atoms with Gasteiger partial charge in [-0.25, -0.2) is 28.1 Å². The second-order valence-corrected chi connectivity index (χ2v) is 14.0. The smallest absolute Gasteiger partial charge is 0.123 e. The standard InChI is InChI=1S/2C17H15FN2.C15H11FN2.CH4/c2*1-20(2)17-5-3-4-16-14(17)10-11-15(19-16)12-6-8-13(18)9-7-12;16-11-6-4-10(5-7-11)14-9-8-12-13(17)2-1-3-15(12)18-14;/h2*3-11H,1-2H3;1-9H,17H2;1H4. The molecule has 6 aromatic carbocycles. The fraction of sp³-hybridized carbons (Fsp3) is 0.100. The Balaban J connectivity index is 0.000000148. The van der Waals surface area contributed by atoms with Gasteiger partial charge in [0.1, 0.15) is 17.5 Å². The average molecular weight is 787 g/mol. The Morgan fingerprint density at radius 3 is 1.02 bits per heavy atom. The van der Waals surface area contributed by atoms with Crippen LogP contribution in [0, 0.1) is 17.5 Å². The first-order chi connectivity index (χ1) is 28.0. The highest BCUT2D eigenvalue weighted by molar-refractivity contribution is 5.94. The number of hydrogen-bond acceptors (Lipinski definition) is 6. The van der Waals surface area contributed by atoms with Crippen molar-refractivity contribution in [1.29, 1.82) is 0 Å². The first-order valence-corrected chi connectivity index (χ1v) is 18.6. The minimum atomic E-state index is -0.246. The van der Waals surface area contributed by atoms with Gasteiger partial charge >= 0.3 is 0 Å². The fourth-order valence-electron chi connectivity index (χ4n) is 6.58.